The summed E-state index contributed by atoms with van der Waals surface area (Å²) in [5.41, 5.74) is 0. The second-order valence-electron chi connectivity index (χ2n) is 4.95. The number of thioether (sulfide) groups is 1. The van der Waals surface area contributed by atoms with Crippen molar-refractivity contribution in [2.75, 3.05) is 11.1 Å². The van der Waals surface area contributed by atoms with Crippen LogP contribution in [0.25, 0.3) is 0 Å². The van der Waals surface area contributed by atoms with Gasteiger partial charge in [0, 0.05) is 19.2 Å². The van der Waals surface area contributed by atoms with Crippen molar-refractivity contribution in [3.8, 4) is 0 Å². The van der Waals surface area contributed by atoms with Crippen molar-refractivity contribution >= 4 is 23.5 Å². The summed E-state index contributed by atoms with van der Waals surface area (Å²) < 4.78 is 40.3. The molecule has 23 heavy (non-hydrogen) atoms. The second-order valence-corrected chi connectivity index (χ2v) is 5.90. The van der Waals surface area contributed by atoms with Gasteiger partial charge in [0.15, 0.2) is 5.16 Å². The topological polar surface area (TPSA) is 77.6 Å². The van der Waals surface area contributed by atoms with Crippen molar-refractivity contribution in [1.82, 2.24) is 24.5 Å². The number of aromatic nitrogens is 5. The number of nitrogens with zero attached hydrogens (tertiary/aromatic N) is 5. The maximum atomic E-state index is 12.6. The van der Waals surface area contributed by atoms with Gasteiger partial charge in [0.2, 0.25) is 11.7 Å². The Hall–Kier alpha value is -2.04. The Morgan fingerprint density at radius 2 is 2.09 bits per heavy atom. The number of rotatable bonds is 5. The molecule has 2 heterocycles. The zero-order valence-corrected chi connectivity index (χ0v) is 13.4. The van der Waals surface area contributed by atoms with Gasteiger partial charge in [0.1, 0.15) is 5.82 Å². The lowest BCUT2D eigenvalue weighted by molar-refractivity contribution is -0.147. The monoisotopic (exact) mass is 348 g/mol. The minimum Gasteiger partial charge on any atom is -0.310 e. The maximum absolute atomic E-state index is 12.6. The highest BCUT2D eigenvalue weighted by Crippen LogP contribution is 2.29. The number of carbonyl (C=O) groups excluding carboxylic acids is 1. The Kier molecular flexibility index (Phi) is 4.97. The minimum absolute atomic E-state index is 0.0184. The smallest absolute Gasteiger partial charge is 0.310 e. The zero-order valence-electron chi connectivity index (χ0n) is 12.6. The molecule has 0 aliphatic carbocycles. The molecule has 0 radical (unpaired) electrons. The molecule has 0 spiro atoms. The van der Waals surface area contributed by atoms with Gasteiger partial charge in [0.05, 0.1) is 11.9 Å². The number of carbonyl (C=O) groups is 1. The molecule has 1 amide bonds. The van der Waals surface area contributed by atoms with Gasteiger partial charge in [-0.1, -0.05) is 11.8 Å². The number of alkyl halides is 3. The highest BCUT2D eigenvalue weighted by atomic mass is 32.2. The second kappa shape index (κ2) is 6.60. The molecular formula is C12H15F3N6OS. The van der Waals surface area contributed by atoms with E-state index in [2.05, 4.69) is 20.6 Å². The molecule has 0 aliphatic heterocycles. The Morgan fingerprint density at radius 3 is 2.65 bits per heavy atom. The van der Waals surface area contributed by atoms with Gasteiger partial charge in [-0.25, -0.2) is 4.68 Å². The molecule has 1 N–H and O–H groups in total. The van der Waals surface area contributed by atoms with E-state index in [1.54, 1.807) is 16.9 Å². The predicted molar refractivity (Wildman–Crippen MR) is 78.0 cm³/mol. The molecule has 126 valence electrons. The lowest BCUT2D eigenvalue weighted by Gasteiger charge is -2.11. The summed E-state index contributed by atoms with van der Waals surface area (Å²) in [6.07, 6.45) is -3.02. The van der Waals surface area contributed by atoms with Crippen LogP contribution in [0.3, 0.4) is 0 Å². The lowest BCUT2D eigenvalue weighted by atomic mass is 10.4. The quantitative estimate of drug-likeness (QED) is 0.839. The van der Waals surface area contributed by atoms with E-state index in [-0.39, 0.29) is 22.9 Å². The van der Waals surface area contributed by atoms with Gasteiger partial charge in [-0.15, -0.1) is 10.2 Å². The van der Waals surface area contributed by atoms with E-state index in [4.69, 9.17) is 0 Å². The van der Waals surface area contributed by atoms with E-state index >= 15 is 0 Å². The molecule has 11 heteroatoms. The molecule has 2 rings (SSSR count). The van der Waals surface area contributed by atoms with Crippen molar-refractivity contribution in [2.45, 2.75) is 31.2 Å². The van der Waals surface area contributed by atoms with Crippen LogP contribution in [0.5, 0.6) is 0 Å². The summed E-state index contributed by atoms with van der Waals surface area (Å²) >= 11 is 0.876. The first-order chi connectivity index (χ1) is 10.7. The van der Waals surface area contributed by atoms with Crippen LogP contribution >= 0.6 is 11.8 Å². The SMILES string of the molecule is CC(C)n1nccc1NC(=O)CSc1nnc(C(F)(F)F)n1C. The average molecular weight is 348 g/mol. The Balaban J connectivity index is 1.97. The number of halogens is 3. The van der Waals surface area contributed by atoms with Crippen molar-refractivity contribution in [1.29, 1.82) is 0 Å². The van der Waals surface area contributed by atoms with Crippen molar-refractivity contribution in [3.05, 3.63) is 18.1 Å². The number of nitrogens with one attached hydrogen (secondary N) is 1. The van der Waals surface area contributed by atoms with Crippen LogP contribution in [0.4, 0.5) is 19.0 Å². The highest BCUT2D eigenvalue weighted by molar-refractivity contribution is 7.99. The standard InChI is InChI=1S/C12H15F3N6OS/c1-7(2)21-8(4-5-16-21)17-9(22)6-23-11-19-18-10(20(11)3)12(13,14)15/h4-5,7H,6H2,1-3H3,(H,17,22). The third kappa shape index (κ3) is 4.03. The molecule has 7 nitrogen and oxygen atoms in total. The van der Waals surface area contributed by atoms with Gasteiger partial charge in [-0.2, -0.15) is 18.3 Å². The molecule has 0 unspecified atom stereocenters. The first-order valence-electron chi connectivity index (χ1n) is 6.63. The lowest BCUT2D eigenvalue weighted by Crippen LogP contribution is -2.18. The highest BCUT2D eigenvalue weighted by Gasteiger charge is 2.37. The van der Waals surface area contributed by atoms with E-state index in [0.717, 1.165) is 16.3 Å². The molecule has 0 aliphatic rings. The number of hydrogen-bond acceptors (Lipinski definition) is 5. The Labute approximate surface area is 134 Å². The Bertz CT molecular complexity index is 693. The van der Waals surface area contributed by atoms with Gasteiger partial charge in [0.25, 0.3) is 0 Å². The van der Waals surface area contributed by atoms with Crippen LogP contribution in [-0.2, 0) is 18.0 Å². The fourth-order valence-corrected chi connectivity index (χ4v) is 2.53. The molecule has 0 saturated heterocycles. The zero-order chi connectivity index (χ0) is 17.2. The van der Waals surface area contributed by atoms with E-state index < -0.39 is 12.0 Å². The molecule has 0 aromatic carbocycles. The summed E-state index contributed by atoms with van der Waals surface area (Å²) in [4.78, 5) is 11.9. The number of amides is 1. The van der Waals surface area contributed by atoms with Crippen LogP contribution in [-0.4, -0.2) is 36.2 Å². The maximum Gasteiger partial charge on any atom is 0.451 e. The van der Waals surface area contributed by atoms with Crippen LogP contribution in [0.15, 0.2) is 17.4 Å². The predicted octanol–water partition coefficient (Wildman–Crippen LogP) is 2.34. The molecule has 2 aromatic rings. The summed E-state index contributed by atoms with van der Waals surface area (Å²) in [6, 6.07) is 1.72. The van der Waals surface area contributed by atoms with Crippen molar-refractivity contribution < 1.29 is 18.0 Å². The number of anilines is 1. The molecular weight excluding hydrogens is 333 g/mol. The van der Waals surface area contributed by atoms with E-state index in [1.807, 2.05) is 13.8 Å². The van der Waals surface area contributed by atoms with Crippen molar-refractivity contribution in [2.24, 2.45) is 7.05 Å². The normalized spacial score (nSPS) is 12.0. The third-order valence-electron chi connectivity index (χ3n) is 2.85. The summed E-state index contributed by atoms with van der Waals surface area (Å²) in [5.74, 6) is -1.03. The molecule has 0 atom stereocenters. The van der Waals surface area contributed by atoms with Crippen LogP contribution < -0.4 is 5.32 Å². The summed E-state index contributed by atoms with van der Waals surface area (Å²) in [6.45, 7) is 3.82. The number of hydrogen-bond donors (Lipinski definition) is 1. The fraction of sp³-hybridized carbons (Fsp3) is 0.500. The van der Waals surface area contributed by atoms with Gasteiger partial charge < -0.3 is 9.88 Å². The van der Waals surface area contributed by atoms with Crippen LogP contribution in [0.1, 0.15) is 25.7 Å². The summed E-state index contributed by atoms with van der Waals surface area (Å²) in [7, 11) is 1.21. The Morgan fingerprint density at radius 1 is 1.39 bits per heavy atom. The first-order valence-corrected chi connectivity index (χ1v) is 7.61. The van der Waals surface area contributed by atoms with Crippen molar-refractivity contribution in [3.63, 3.8) is 0 Å². The fourth-order valence-electron chi connectivity index (χ4n) is 1.82. The minimum atomic E-state index is -4.58. The average Bonchev–Trinajstić information content (AvgIpc) is 3.02. The molecule has 2 aromatic heterocycles. The molecule has 0 fully saturated rings. The van der Waals surface area contributed by atoms with E-state index in [0.29, 0.717) is 5.82 Å². The molecule has 0 saturated carbocycles. The van der Waals surface area contributed by atoms with Gasteiger partial charge >= 0.3 is 6.18 Å². The summed E-state index contributed by atoms with van der Waals surface area (Å²) in [5, 5.41) is 13.3. The van der Waals surface area contributed by atoms with E-state index in [1.165, 1.54) is 7.05 Å². The first kappa shape index (κ1) is 17.3. The van der Waals surface area contributed by atoms with Crippen LogP contribution in [0, 0.1) is 0 Å². The largest absolute Gasteiger partial charge is 0.451 e. The molecule has 0 bridgehead atoms. The van der Waals surface area contributed by atoms with Crippen LogP contribution in [0.2, 0.25) is 0 Å². The van der Waals surface area contributed by atoms with Gasteiger partial charge in [-0.05, 0) is 13.8 Å². The van der Waals surface area contributed by atoms with Gasteiger partial charge in [-0.3, -0.25) is 4.79 Å². The third-order valence-corrected chi connectivity index (χ3v) is 3.87. The van der Waals surface area contributed by atoms with E-state index in [9.17, 15) is 18.0 Å².